The molecule has 2 atom stereocenters. The zero-order valence-electron chi connectivity index (χ0n) is 11.8. The van der Waals surface area contributed by atoms with Crippen molar-refractivity contribution >= 4 is 0 Å². The maximum atomic E-state index is 6.12. The summed E-state index contributed by atoms with van der Waals surface area (Å²) in [6.07, 6.45) is 6.26. The van der Waals surface area contributed by atoms with E-state index >= 15 is 0 Å². The van der Waals surface area contributed by atoms with Gasteiger partial charge in [-0.3, -0.25) is 0 Å². The first-order valence-corrected chi connectivity index (χ1v) is 7.22. The van der Waals surface area contributed by atoms with Gasteiger partial charge >= 0.3 is 0 Å². The summed E-state index contributed by atoms with van der Waals surface area (Å²) < 4.78 is 6.12. The van der Waals surface area contributed by atoms with Crippen LogP contribution in [-0.4, -0.2) is 13.2 Å². The van der Waals surface area contributed by atoms with E-state index in [1.807, 2.05) is 7.05 Å². The van der Waals surface area contributed by atoms with Crippen molar-refractivity contribution in [1.82, 2.24) is 5.32 Å². The van der Waals surface area contributed by atoms with Crippen LogP contribution < -0.4 is 10.1 Å². The molecule has 1 N–H and O–H groups in total. The third kappa shape index (κ3) is 2.86. The highest BCUT2D eigenvalue weighted by molar-refractivity contribution is 5.43. The fraction of sp³-hybridized carbons (Fsp3) is 0.625. The molecule has 100 valence electrons. The number of hydrogen-bond donors (Lipinski definition) is 1. The standard InChI is InChI=1S/C16H25NO/c1-4-7-12(2)18-16-11-6-8-13-14(16)9-5-10-15(13)17-3/h6,8,11-12,15,17H,4-5,7,9-10H2,1-3H3. The Morgan fingerprint density at radius 1 is 1.44 bits per heavy atom. The number of nitrogens with one attached hydrogen (secondary N) is 1. The summed E-state index contributed by atoms with van der Waals surface area (Å²) in [4.78, 5) is 0. The Morgan fingerprint density at radius 2 is 2.28 bits per heavy atom. The molecule has 0 fully saturated rings. The minimum Gasteiger partial charge on any atom is -0.490 e. The quantitative estimate of drug-likeness (QED) is 0.853. The van der Waals surface area contributed by atoms with E-state index in [4.69, 9.17) is 4.74 Å². The molecule has 1 aromatic rings. The van der Waals surface area contributed by atoms with Crippen LogP contribution in [0.25, 0.3) is 0 Å². The number of benzene rings is 1. The average molecular weight is 247 g/mol. The predicted molar refractivity (Wildman–Crippen MR) is 76.2 cm³/mol. The van der Waals surface area contributed by atoms with Gasteiger partial charge in [-0.05, 0) is 56.8 Å². The van der Waals surface area contributed by atoms with E-state index in [1.54, 1.807) is 0 Å². The molecular formula is C16H25NO. The summed E-state index contributed by atoms with van der Waals surface area (Å²) in [5.74, 6) is 1.11. The molecule has 1 aliphatic rings. The molecule has 2 heteroatoms. The Balaban J connectivity index is 2.21. The van der Waals surface area contributed by atoms with Crippen molar-refractivity contribution in [3.63, 3.8) is 0 Å². The lowest BCUT2D eigenvalue weighted by Crippen LogP contribution is -2.22. The van der Waals surface area contributed by atoms with Crippen LogP contribution >= 0.6 is 0 Å². The second-order valence-corrected chi connectivity index (χ2v) is 5.27. The van der Waals surface area contributed by atoms with E-state index in [9.17, 15) is 0 Å². The summed E-state index contributed by atoms with van der Waals surface area (Å²) in [6, 6.07) is 7.00. The third-order valence-electron chi connectivity index (χ3n) is 3.84. The lowest BCUT2D eigenvalue weighted by atomic mass is 9.87. The Labute approximate surface area is 111 Å². The molecule has 0 saturated carbocycles. The van der Waals surface area contributed by atoms with E-state index < -0.39 is 0 Å². The number of fused-ring (bicyclic) bond motifs is 1. The summed E-state index contributed by atoms with van der Waals surface area (Å²) in [5.41, 5.74) is 2.86. The molecule has 0 aliphatic heterocycles. The highest BCUT2D eigenvalue weighted by Crippen LogP contribution is 2.35. The van der Waals surface area contributed by atoms with Gasteiger partial charge in [0, 0.05) is 6.04 Å². The molecule has 0 heterocycles. The summed E-state index contributed by atoms with van der Waals surface area (Å²) >= 11 is 0. The van der Waals surface area contributed by atoms with E-state index in [-0.39, 0.29) is 0 Å². The van der Waals surface area contributed by atoms with Gasteiger partial charge in [0.05, 0.1) is 6.10 Å². The molecule has 0 amide bonds. The number of ether oxygens (including phenoxy) is 1. The monoisotopic (exact) mass is 247 g/mol. The zero-order chi connectivity index (χ0) is 13.0. The van der Waals surface area contributed by atoms with Crippen LogP contribution in [-0.2, 0) is 6.42 Å². The molecule has 0 spiro atoms. The SMILES string of the molecule is CCCC(C)Oc1cccc2c1CCCC2NC. The normalized spacial score (nSPS) is 20.3. The molecule has 0 aromatic heterocycles. The van der Waals surface area contributed by atoms with Crippen molar-refractivity contribution in [2.75, 3.05) is 7.05 Å². The van der Waals surface area contributed by atoms with Crippen LogP contribution in [0.5, 0.6) is 5.75 Å². The minimum atomic E-state index is 0.316. The zero-order valence-corrected chi connectivity index (χ0v) is 11.8. The van der Waals surface area contributed by atoms with Gasteiger partial charge in [-0.1, -0.05) is 25.5 Å². The maximum Gasteiger partial charge on any atom is 0.123 e. The van der Waals surface area contributed by atoms with Crippen molar-refractivity contribution in [3.8, 4) is 5.75 Å². The Bertz CT molecular complexity index is 389. The van der Waals surface area contributed by atoms with Crippen LogP contribution in [0.4, 0.5) is 0 Å². The fourth-order valence-corrected chi connectivity index (χ4v) is 2.91. The van der Waals surface area contributed by atoms with Gasteiger partial charge in [-0.2, -0.15) is 0 Å². The smallest absolute Gasteiger partial charge is 0.123 e. The van der Waals surface area contributed by atoms with E-state index in [0.717, 1.165) is 18.6 Å². The van der Waals surface area contributed by atoms with Crippen LogP contribution in [0.3, 0.4) is 0 Å². The molecule has 0 bridgehead atoms. The predicted octanol–water partition coefficient (Wildman–Crippen LogP) is 3.85. The minimum absolute atomic E-state index is 0.316. The van der Waals surface area contributed by atoms with Gasteiger partial charge < -0.3 is 10.1 Å². The summed E-state index contributed by atoms with van der Waals surface area (Å²) in [6.45, 7) is 4.37. The first-order valence-electron chi connectivity index (χ1n) is 7.22. The first-order chi connectivity index (χ1) is 8.76. The molecule has 18 heavy (non-hydrogen) atoms. The first kappa shape index (κ1) is 13.4. The fourth-order valence-electron chi connectivity index (χ4n) is 2.91. The van der Waals surface area contributed by atoms with E-state index in [0.29, 0.717) is 12.1 Å². The van der Waals surface area contributed by atoms with Crippen molar-refractivity contribution in [2.24, 2.45) is 0 Å². The van der Waals surface area contributed by atoms with Crippen molar-refractivity contribution in [2.45, 2.75) is 58.1 Å². The highest BCUT2D eigenvalue weighted by atomic mass is 16.5. The van der Waals surface area contributed by atoms with Crippen molar-refractivity contribution in [1.29, 1.82) is 0 Å². The maximum absolute atomic E-state index is 6.12. The van der Waals surface area contributed by atoms with Crippen LogP contribution in [0, 0.1) is 0 Å². The van der Waals surface area contributed by atoms with Crippen LogP contribution in [0.1, 0.15) is 56.7 Å². The molecular weight excluding hydrogens is 222 g/mol. The molecule has 0 saturated heterocycles. The van der Waals surface area contributed by atoms with Gasteiger partial charge in [0.25, 0.3) is 0 Å². The highest BCUT2D eigenvalue weighted by Gasteiger charge is 2.21. The summed E-state index contributed by atoms with van der Waals surface area (Å²) in [7, 11) is 2.05. The topological polar surface area (TPSA) is 21.3 Å². The Morgan fingerprint density at radius 3 is 3.00 bits per heavy atom. The second kappa shape index (κ2) is 6.24. The third-order valence-corrected chi connectivity index (χ3v) is 3.84. The van der Waals surface area contributed by atoms with Gasteiger partial charge in [-0.25, -0.2) is 0 Å². The lowest BCUT2D eigenvalue weighted by molar-refractivity contribution is 0.206. The van der Waals surface area contributed by atoms with Crippen molar-refractivity contribution in [3.05, 3.63) is 29.3 Å². The van der Waals surface area contributed by atoms with Crippen LogP contribution in [0.15, 0.2) is 18.2 Å². The van der Waals surface area contributed by atoms with Gasteiger partial charge in [0.15, 0.2) is 0 Å². The Hall–Kier alpha value is -1.02. The van der Waals surface area contributed by atoms with Gasteiger partial charge in [0.1, 0.15) is 5.75 Å². The van der Waals surface area contributed by atoms with E-state index in [1.165, 1.54) is 30.4 Å². The summed E-state index contributed by atoms with van der Waals surface area (Å²) in [5, 5.41) is 3.41. The average Bonchev–Trinajstić information content (AvgIpc) is 2.38. The molecule has 2 nitrogen and oxygen atoms in total. The van der Waals surface area contributed by atoms with Gasteiger partial charge in [0.2, 0.25) is 0 Å². The van der Waals surface area contributed by atoms with Crippen molar-refractivity contribution < 1.29 is 4.74 Å². The second-order valence-electron chi connectivity index (χ2n) is 5.27. The number of rotatable bonds is 5. The number of hydrogen-bond acceptors (Lipinski definition) is 2. The largest absolute Gasteiger partial charge is 0.490 e. The van der Waals surface area contributed by atoms with Gasteiger partial charge in [-0.15, -0.1) is 0 Å². The van der Waals surface area contributed by atoms with Crippen LogP contribution in [0.2, 0.25) is 0 Å². The molecule has 1 aromatic carbocycles. The Kier molecular flexibility index (Phi) is 4.65. The molecule has 2 unspecified atom stereocenters. The molecule has 1 aliphatic carbocycles. The molecule has 0 radical (unpaired) electrons. The van der Waals surface area contributed by atoms with E-state index in [2.05, 4.69) is 37.4 Å². The lowest BCUT2D eigenvalue weighted by Gasteiger charge is -2.28. The molecule has 2 rings (SSSR count).